The van der Waals surface area contributed by atoms with Gasteiger partial charge in [0.1, 0.15) is 6.04 Å². The van der Waals surface area contributed by atoms with Gasteiger partial charge in [0.25, 0.3) is 0 Å². The minimum Gasteiger partial charge on any atom is -0.290 e. The van der Waals surface area contributed by atoms with E-state index >= 15 is 0 Å². The fraction of sp³-hybridized carbons (Fsp3) is 0.333. The van der Waals surface area contributed by atoms with Gasteiger partial charge in [-0.3, -0.25) is 9.69 Å². The molecule has 1 aliphatic rings. The first-order chi connectivity index (χ1) is 13.9. The largest absolute Gasteiger partial charge is 0.290 e. The molecule has 0 aliphatic carbocycles. The summed E-state index contributed by atoms with van der Waals surface area (Å²) in [6.07, 6.45) is 2.09. The maximum atomic E-state index is 13.3. The summed E-state index contributed by atoms with van der Waals surface area (Å²) in [6.45, 7) is 2.26. The van der Waals surface area contributed by atoms with Crippen molar-refractivity contribution in [2.24, 2.45) is 0 Å². The van der Waals surface area contributed by atoms with E-state index < -0.39 is 16.1 Å². The number of carbonyl (C=O) groups excluding carboxylic acids is 1. The first-order valence-corrected chi connectivity index (χ1v) is 11.9. The smallest absolute Gasteiger partial charge is 0.246 e. The van der Waals surface area contributed by atoms with E-state index in [9.17, 15) is 13.2 Å². The summed E-state index contributed by atoms with van der Waals surface area (Å²) in [5, 5.41) is 0.578. The monoisotopic (exact) mass is 429 g/mol. The Hall–Kier alpha value is -2.29. The minimum atomic E-state index is -3.74. The van der Waals surface area contributed by atoms with Gasteiger partial charge in [0.2, 0.25) is 15.9 Å². The Morgan fingerprint density at radius 1 is 1.14 bits per heavy atom. The lowest BCUT2D eigenvalue weighted by Crippen LogP contribution is -2.52. The number of sulfonamides is 1. The molecule has 2 heterocycles. The molecule has 152 valence electrons. The zero-order valence-electron chi connectivity index (χ0n) is 16.4. The van der Waals surface area contributed by atoms with Crippen molar-refractivity contribution in [1.29, 1.82) is 0 Å². The number of likely N-dealkylation sites (N-methyl/N-ethyl adjacent to an activating group) is 1. The molecule has 0 spiro atoms. The normalized spacial score (nSPS) is 18.1. The summed E-state index contributed by atoms with van der Waals surface area (Å²) in [5.41, 5.74) is 1.82. The number of para-hydroxylation sites is 1. The molecule has 29 heavy (non-hydrogen) atoms. The molecule has 1 aliphatic heterocycles. The topological polar surface area (TPSA) is 70.6 Å². The molecule has 0 saturated carbocycles. The molecular weight excluding hydrogens is 406 g/mol. The fourth-order valence-corrected chi connectivity index (χ4v) is 6.19. The summed E-state index contributed by atoms with van der Waals surface area (Å²) >= 11 is 1.43. The average molecular weight is 430 g/mol. The van der Waals surface area contributed by atoms with Crippen molar-refractivity contribution in [2.45, 2.75) is 37.1 Å². The number of aromatic nitrogens is 1. The second kappa shape index (κ2) is 7.85. The van der Waals surface area contributed by atoms with Crippen LogP contribution in [0.15, 0.2) is 53.4 Å². The minimum absolute atomic E-state index is 0.227. The quantitative estimate of drug-likeness (QED) is 0.632. The van der Waals surface area contributed by atoms with Crippen LogP contribution in [0.3, 0.4) is 0 Å². The number of fused-ring (bicyclic) bond motifs is 1. The Kier molecular flexibility index (Phi) is 5.42. The molecule has 0 unspecified atom stereocenters. The lowest BCUT2D eigenvalue weighted by molar-refractivity contribution is -0.122. The van der Waals surface area contributed by atoms with Crippen LogP contribution in [0.5, 0.6) is 0 Å². The third kappa shape index (κ3) is 3.80. The molecule has 1 amide bonds. The fourth-order valence-electron chi connectivity index (χ4n) is 3.61. The maximum absolute atomic E-state index is 13.3. The SMILES string of the molecule is Cc1ccc(S(=O)(=O)N2CCCC[C@@H]2C(=O)N(C)c2nc3ccccc3s2)cc1. The highest BCUT2D eigenvalue weighted by molar-refractivity contribution is 7.89. The number of amides is 1. The number of rotatable bonds is 4. The molecule has 4 rings (SSSR count). The van der Waals surface area contributed by atoms with Gasteiger partial charge < -0.3 is 0 Å². The number of piperidine rings is 1. The van der Waals surface area contributed by atoms with E-state index in [-0.39, 0.29) is 10.8 Å². The van der Waals surface area contributed by atoms with Crippen LogP contribution in [0.2, 0.25) is 0 Å². The van der Waals surface area contributed by atoms with Crippen molar-refractivity contribution >= 4 is 42.6 Å². The van der Waals surface area contributed by atoms with Crippen LogP contribution < -0.4 is 4.90 Å². The number of hydrogen-bond donors (Lipinski definition) is 0. The lowest BCUT2D eigenvalue weighted by atomic mass is 10.0. The van der Waals surface area contributed by atoms with Crippen molar-refractivity contribution in [1.82, 2.24) is 9.29 Å². The summed E-state index contributed by atoms with van der Waals surface area (Å²) in [5.74, 6) is -0.237. The summed E-state index contributed by atoms with van der Waals surface area (Å²) in [4.78, 5) is 19.6. The van der Waals surface area contributed by atoms with Crippen molar-refractivity contribution < 1.29 is 13.2 Å². The highest BCUT2D eigenvalue weighted by Gasteiger charge is 2.39. The Morgan fingerprint density at radius 2 is 1.86 bits per heavy atom. The van der Waals surface area contributed by atoms with E-state index in [1.807, 2.05) is 31.2 Å². The van der Waals surface area contributed by atoms with Gasteiger partial charge in [-0.05, 0) is 44.0 Å². The number of thiazole rings is 1. The molecule has 1 fully saturated rings. The van der Waals surface area contributed by atoms with Crippen molar-refractivity contribution in [3.63, 3.8) is 0 Å². The predicted molar refractivity (Wildman–Crippen MR) is 116 cm³/mol. The van der Waals surface area contributed by atoms with Crippen LogP contribution in [-0.4, -0.2) is 43.2 Å². The van der Waals surface area contributed by atoms with Gasteiger partial charge in [0.05, 0.1) is 15.1 Å². The Bertz CT molecular complexity index is 1110. The molecule has 0 radical (unpaired) electrons. The Morgan fingerprint density at radius 3 is 2.59 bits per heavy atom. The van der Waals surface area contributed by atoms with E-state index in [2.05, 4.69) is 4.98 Å². The van der Waals surface area contributed by atoms with Gasteiger partial charge in [-0.15, -0.1) is 0 Å². The zero-order chi connectivity index (χ0) is 20.6. The van der Waals surface area contributed by atoms with Gasteiger partial charge in [-0.2, -0.15) is 4.31 Å². The summed E-state index contributed by atoms with van der Waals surface area (Å²) in [6, 6.07) is 13.8. The van der Waals surface area contributed by atoms with Crippen LogP contribution in [0.4, 0.5) is 5.13 Å². The summed E-state index contributed by atoms with van der Waals surface area (Å²) in [7, 11) is -2.07. The highest BCUT2D eigenvalue weighted by Crippen LogP contribution is 2.31. The maximum Gasteiger partial charge on any atom is 0.246 e. The van der Waals surface area contributed by atoms with Crippen LogP contribution in [0, 0.1) is 6.92 Å². The van der Waals surface area contributed by atoms with Crippen LogP contribution in [-0.2, 0) is 14.8 Å². The highest BCUT2D eigenvalue weighted by atomic mass is 32.2. The van der Waals surface area contributed by atoms with Crippen LogP contribution in [0.25, 0.3) is 10.2 Å². The van der Waals surface area contributed by atoms with Gasteiger partial charge in [-0.1, -0.05) is 47.6 Å². The lowest BCUT2D eigenvalue weighted by Gasteiger charge is -2.35. The van der Waals surface area contributed by atoms with Crippen LogP contribution >= 0.6 is 11.3 Å². The molecular formula is C21H23N3O3S2. The molecule has 6 nitrogen and oxygen atoms in total. The zero-order valence-corrected chi connectivity index (χ0v) is 18.0. The van der Waals surface area contributed by atoms with Gasteiger partial charge >= 0.3 is 0 Å². The first-order valence-electron chi connectivity index (χ1n) is 9.59. The van der Waals surface area contributed by atoms with Crippen molar-refractivity contribution in [3.05, 3.63) is 54.1 Å². The Labute approximate surface area is 174 Å². The summed E-state index contributed by atoms with van der Waals surface area (Å²) < 4.78 is 28.9. The van der Waals surface area contributed by atoms with Crippen molar-refractivity contribution in [3.8, 4) is 0 Å². The molecule has 0 bridgehead atoms. The number of nitrogens with zero attached hydrogens (tertiary/aromatic N) is 3. The average Bonchev–Trinajstić information content (AvgIpc) is 3.17. The molecule has 1 saturated heterocycles. The Balaban J connectivity index is 1.64. The van der Waals surface area contributed by atoms with E-state index in [0.29, 0.717) is 18.1 Å². The van der Waals surface area contributed by atoms with Gasteiger partial charge in [0, 0.05) is 13.6 Å². The number of hydrogen-bond acceptors (Lipinski definition) is 5. The first kappa shape index (κ1) is 20.0. The molecule has 1 atom stereocenters. The molecule has 3 aromatic rings. The number of aryl methyl sites for hydroxylation is 1. The van der Waals surface area contributed by atoms with Crippen molar-refractivity contribution in [2.75, 3.05) is 18.5 Å². The standard InChI is InChI=1S/C21H23N3O3S2/c1-15-10-12-16(13-11-15)29(26,27)24-14-6-5-8-18(24)20(25)23(2)21-22-17-7-3-4-9-19(17)28-21/h3-4,7,9-13,18H,5-6,8,14H2,1-2H3/t18-/m1/s1. The van der Waals surface area contributed by atoms with E-state index in [4.69, 9.17) is 0 Å². The van der Waals surface area contributed by atoms with Gasteiger partial charge in [-0.25, -0.2) is 13.4 Å². The van der Waals surface area contributed by atoms with E-state index in [1.54, 1.807) is 31.3 Å². The predicted octanol–water partition coefficient (Wildman–Crippen LogP) is 3.81. The molecule has 0 N–H and O–H groups in total. The molecule has 1 aromatic heterocycles. The second-order valence-corrected chi connectivity index (χ2v) is 10.2. The second-order valence-electron chi connectivity index (χ2n) is 7.30. The molecule has 8 heteroatoms. The van der Waals surface area contributed by atoms with E-state index in [1.165, 1.54) is 20.5 Å². The van der Waals surface area contributed by atoms with Crippen LogP contribution in [0.1, 0.15) is 24.8 Å². The number of carbonyl (C=O) groups is 1. The number of benzene rings is 2. The third-order valence-electron chi connectivity index (χ3n) is 5.27. The molecule has 2 aromatic carbocycles. The van der Waals surface area contributed by atoms with Gasteiger partial charge in [0.15, 0.2) is 5.13 Å². The third-order valence-corrected chi connectivity index (χ3v) is 8.30. The van der Waals surface area contributed by atoms with E-state index in [0.717, 1.165) is 28.6 Å². The number of anilines is 1.